The number of hydrogen-bond acceptors (Lipinski definition) is 24. The Morgan fingerprint density at radius 2 is 0.414 bits per heavy atom. The number of methoxy groups -OCH3 is 2. The van der Waals surface area contributed by atoms with E-state index in [1.807, 2.05) is 51.1 Å². The molecule has 11 rings (SSSR count). The van der Waals surface area contributed by atoms with E-state index in [2.05, 4.69) is 112 Å². The van der Waals surface area contributed by atoms with Crippen molar-refractivity contribution in [2.45, 2.75) is 250 Å². The second-order valence-electron chi connectivity index (χ2n) is 34.4. The summed E-state index contributed by atoms with van der Waals surface area (Å²) in [5.41, 5.74) is 3.96. The van der Waals surface area contributed by atoms with Crippen LogP contribution in [0, 0.1) is 11.8 Å². The van der Waals surface area contributed by atoms with Crippen molar-refractivity contribution >= 4 is 104 Å². The second-order valence-corrected chi connectivity index (χ2v) is 34.4. The maximum Gasteiger partial charge on any atom is 0.339 e. The van der Waals surface area contributed by atoms with Crippen LogP contribution in [0.1, 0.15) is 373 Å². The molecule has 24 heteroatoms. The lowest BCUT2D eigenvalue weighted by atomic mass is 9.95. The fourth-order valence-electron chi connectivity index (χ4n) is 14.9. The summed E-state index contributed by atoms with van der Waals surface area (Å²) in [7, 11) is 2.52. The maximum atomic E-state index is 12.6. The van der Waals surface area contributed by atoms with E-state index >= 15 is 0 Å². The molecule has 0 aromatic heterocycles. The quantitative estimate of drug-likeness (QED) is 0.0148. The molecule has 0 saturated carbocycles. The van der Waals surface area contributed by atoms with Crippen molar-refractivity contribution in [1.29, 1.82) is 0 Å². The number of unbranched alkanes of at least 4 members (excludes halogenated alkanes) is 15. The summed E-state index contributed by atoms with van der Waals surface area (Å²) < 4.78 is 61.2. The number of benzene rings is 11. The smallest absolute Gasteiger partial charge is 0.339 e. The molecule has 0 aliphatic rings. The summed E-state index contributed by atoms with van der Waals surface area (Å²) in [6.07, 6.45) is 27.5. The summed E-state index contributed by atoms with van der Waals surface area (Å²) in [5.74, 6) is -5.12. The molecule has 11 aromatic rings. The van der Waals surface area contributed by atoms with Crippen LogP contribution in [-0.4, -0.2) is 145 Å². The van der Waals surface area contributed by atoms with Gasteiger partial charge in [-0.05, 0) is 181 Å². The van der Waals surface area contributed by atoms with E-state index in [4.69, 9.17) is 47.4 Å². The zero-order valence-corrected chi connectivity index (χ0v) is 87.4. The highest BCUT2D eigenvalue weighted by Crippen LogP contribution is 2.35. The van der Waals surface area contributed by atoms with Crippen molar-refractivity contribution in [1.82, 2.24) is 0 Å². The van der Waals surface area contributed by atoms with Crippen LogP contribution < -0.4 is 0 Å². The lowest BCUT2D eigenvalue weighted by Gasteiger charge is -2.17. The molecule has 0 spiro atoms. The van der Waals surface area contributed by atoms with Gasteiger partial charge in [0.1, 0.15) is 6.61 Å². The van der Waals surface area contributed by atoms with Crippen LogP contribution in [0.3, 0.4) is 0 Å². The summed E-state index contributed by atoms with van der Waals surface area (Å²) in [4.78, 5) is 144. The zero-order valence-electron chi connectivity index (χ0n) is 87.4. The normalized spacial score (nSPS) is 10.8. The molecule has 0 fully saturated rings. The summed E-state index contributed by atoms with van der Waals surface area (Å²) in [6.45, 7) is 25.8. The molecular formula is C121H152O24. The van der Waals surface area contributed by atoms with Crippen molar-refractivity contribution in [2.24, 2.45) is 11.8 Å². The highest BCUT2D eigenvalue weighted by Gasteiger charge is 2.26. The van der Waals surface area contributed by atoms with Gasteiger partial charge in [0.05, 0.1) is 140 Å². The maximum absolute atomic E-state index is 12.6. The molecule has 145 heavy (non-hydrogen) atoms. The number of carbonyl (C=O) groups excluding carboxylic acids is 12. The van der Waals surface area contributed by atoms with Crippen LogP contribution in [0.25, 0.3) is 32.3 Å². The van der Waals surface area contributed by atoms with Gasteiger partial charge in [-0.2, -0.15) is 0 Å². The van der Waals surface area contributed by atoms with Gasteiger partial charge in [-0.25, -0.2) is 57.5 Å². The van der Waals surface area contributed by atoms with Crippen LogP contribution in [0.2, 0.25) is 0 Å². The summed E-state index contributed by atoms with van der Waals surface area (Å²) in [5, 5.41) is 8.14. The molecular weight excluding hydrogens is 1840 g/mol. The van der Waals surface area contributed by atoms with Crippen molar-refractivity contribution < 1.29 is 114 Å². The van der Waals surface area contributed by atoms with E-state index in [-0.39, 0.29) is 64.3 Å². The van der Waals surface area contributed by atoms with Crippen LogP contribution >= 0.6 is 0 Å². The Hall–Kier alpha value is -13.9. The Morgan fingerprint density at radius 1 is 0.200 bits per heavy atom. The minimum Gasteiger partial charge on any atom is -0.465 e. The van der Waals surface area contributed by atoms with Gasteiger partial charge in [0, 0.05) is 0 Å². The largest absolute Gasteiger partial charge is 0.465 e. The SMILES string of the molecule is CCCCC(CC)COC(=O)c1ccccc1C(=O)OCC(CC)CCCC.CCCCCCCCOC(=O)c1ccccc1C(=O)OCCCCCCCC.CCCCOC(=O)c1ccccc1C(=O)OCCCC.CCCCOC(=O)c1ccccc1C(=O)OCc1ccccc1.CCOC(=O)c1ccccc1C(=O)OCC.COC(=O)c1ccccc1C(=O)OC.c1cc2ccc3cccc4ccc(c1)c2c34. The topological polar surface area (TPSA) is 316 Å². The van der Waals surface area contributed by atoms with Gasteiger partial charge in [-0.15, -0.1) is 0 Å². The number of hydrogen-bond donors (Lipinski definition) is 0. The Morgan fingerprint density at radius 3 is 0.655 bits per heavy atom. The van der Waals surface area contributed by atoms with Gasteiger partial charge in [0.25, 0.3) is 0 Å². The fourth-order valence-corrected chi connectivity index (χ4v) is 14.9. The van der Waals surface area contributed by atoms with E-state index in [9.17, 15) is 57.5 Å². The average Bonchev–Trinajstić information content (AvgIpc) is 0.748. The van der Waals surface area contributed by atoms with Crippen LogP contribution in [0.15, 0.2) is 237 Å². The minimum absolute atomic E-state index is 0.166. The zero-order chi connectivity index (χ0) is 106. The lowest BCUT2D eigenvalue weighted by molar-refractivity contribution is 0.0381. The van der Waals surface area contributed by atoms with Crippen molar-refractivity contribution in [2.75, 3.05) is 73.7 Å². The van der Waals surface area contributed by atoms with Gasteiger partial charge in [-0.3, -0.25) is 0 Å². The van der Waals surface area contributed by atoms with Gasteiger partial charge in [0.2, 0.25) is 0 Å². The van der Waals surface area contributed by atoms with Crippen molar-refractivity contribution in [3.63, 3.8) is 0 Å². The molecule has 780 valence electrons. The number of ether oxygens (including phenoxy) is 12. The second kappa shape index (κ2) is 73.2. The van der Waals surface area contributed by atoms with E-state index in [0.717, 1.165) is 121 Å². The number of rotatable bonds is 51. The first kappa shape index (κ1) is 122. The van der Waals surface area contributed by atoms with Gasteiger partial charge in [-0.1, -0.05) is 348 Å². The fraction of sp³-hybridized carbons (Fsp3) is 0.421. The minimum atomic E-state index is -0.550. The molecule has 0 bridgehead atoms. The monoisotopic (exact) mass is 1990 g/mol. The third-order valence-electron chi connectivity index (χ3n) is 23.4. The molecule has 0 heterocycles. The van der Waals surface area contributed by atoms with Crippen LogP contribution in [0.5, 0.6) is 0 Å². The first-order chi connectivity index (χ1) is 70.5. The standard InChI is InChI=1S/2C24H38O4.C19H20O4.C16H22O4.C16H10.C12H14O4.C10H10O4/c1-5-9-13-19(7-3)17-27-23(25)21-15-11-12-16-22(21)24(26)28-18-20(8-4)14-10-6-2;1-3-5-7-9-11-15-19-27-23(25)21-17-13-14-18-22(21)24(26)28-20-16-12-10-8-6-4-2;1-2-3-13-22-18(20)16-11-7-8-12-17(16)19(21)23-14-15-9-5-4-6-10-15;1-3-5-11-19-15(17)13-9-7-8-10-14(13)16(18)20-12-6-4-2;1-3-11-7-9-13-5-2-6-14-10-8-12(4-1)15(11)16(13)14;1-3-15-11(13)9-7-5-6-8-10(9)12(14)16-4-2;1-13-9(11)7-5-3-4-6-8(7)10(12)14-2/h11-12,15-16,19-20H,5-10,13-14,17-18H2,1-4H3;13-14,17-18H,3-12,15-16,19-20H2,1-2H3;4-12H,2-3,13-14H2,1H3;7-10H,3-6,11-12H2,1-2H3;1-10H;5-8H,3-4H2,1-2H3;3-6H,1-2H3. The molecule has 0 N–H and O–H groups in total. The number of esters is 12. The molecule has 2 unspecified atom stereocenters. The lowest BCUT2D eigenvalue weighted by Crippen LogP contribution is -2.19. The van der Waals surface area contributed by atoms with Crippen LogP contribution in [-0.2, 0) is 63.4 Å². The van der Waals surface area contributed by atoms with E-state index < -0.39 is 71.6 Å². The third-order valence-corrected chi connectivity index (χ3v) is 23.4. The summed E-state index contributed by atoms with van der Waals surface area (Å²) >= 11 is 0. The van der Waals surface area contributed by atoms with Crippen molar-refractivity contribution in [3.8, 4) is 0 Å². The van der Waals surface area contributed by atoms with Crippen LogP contribution in [0.4, 0.5) is 0 Å². The molecule has 0 aliphatic carbocycles. The van der Waals surface area contributed by atoms with E-state index in [1.54, 1.807) is 147 Å². The third kappa shape index (κ3) is 44.1. The Kier molecular flexibility index (Phi) is 61.4. The Bertz CT molecular complexity index is 5340. The van der Waals surface area contributed by atoms with E-state index in [1.165, 1.54) is 110 Å². The average molecular weight is 1990 g/mol. The van der Waals surface area contributed by atoms with Crippen molar-refractivity contribution in [3.05, 3.63) is 309 Å². The molecule has 0 saturated heterocycles. The number of carbonyl (C=O) groups is 12. The first-order valence-electron chi connectivity index (χ1n) is 51.6. The van der Waals surface area contributed by atoms with Gasteiger partial charge < -0.3 is 56.8 Å². The molecule has 24 nitrogen and oxygen atoms in total. The Labute approximate surface area is 857 Å². The molecule has 11 aromatic carbocycles. The Balaban J connectivity index is 0.000000301. The highest BCUT2D eigenvalue weighted by atomic mass is 16.6. The predicted molar refractivity (Wildman–Crippen MR) is 569 cm³/mol. The molecule has 2 atom stereocenters. The molecule has 0 aliphatic heterocycles. The summed E-state index contributed by atoms with van der Waals surface area (Å²) in [6, 6.07) is 70.7. The van der Waals surface area contributed by atoms with Gasteiger partial charge in [0.15, 0.2) is 0 Å². The predicted octanol–water partition coefficient (Wildman–Crippen LogP) is 28.6. The highest BCUT2D eigenvalue weighted by molar-refractivity contribution is 6.23. The molecule has 0 radical (unpaired) electrons. The van der Waals surface area contributed by atoms with E-state index in [0.29, 0.717) is 80.3 Å². The first-order valence-corrected chi connectivity index (χ1v) is 51.6. The molecule has 0 amide bonds. The van der Waals surface area contributed by atoms with Gasteiger partial charge >= 0.3 is 71.6 Å².